The highest BCUT2D eigenvalue weighted by Crippen LogP contribution is 2.31. The topological polar surface area (TPSA) is 44.4 Å². The first-order valence-electron chi connectivity index (χ1n) is 7.62. The van der Waals surface area contributed by atoms with Gasteiger partial charge in [-0.3, -0.25) is 4.79 Å². The Hall–Kier alpha value is -0.820. The first-order valence-corrected chi connectivity index (χ1v) is 7.62. The van der Waals surface area contributed by atoms with E-state index in [0.29, 0.717) is 12.5 Å². The Kier molecular flexibility index (Phi) is 5.48. The van der Waals surface area contributed by atoms with Gasteiger partial charge in [0.05, 0.1) is 12.0 Å². The molecular weight excluding hydrogens is 283 g/mol. The van der Waals surface area contributed by atoms with Gasteiger partial charge in [0, 0.05) is 19.6 Å². The number of hydrogen-bond donors (Lipinski definition) is 2. The van der Waals surface area contributed by atoms with Gasteiger partial charge in [0.2, 0.25) is 5.91 Å². The summed E-state index contributed by atoms with van der Waals surface area (Å²) in [7, 11) is 2.06. The maximum atomic E-state index is 12.6. The van der Waals surface area contributed by atoms with Crippen molar-refractivity contribution < 1.29 is 18.0 Å². The van der Waals surface area contributed by atoms with Crippen LogP contribution in [0.15, 0.2) is 0 Å². The molecular formula is C14H24F3N3O. The second-order valence-corrected chi connectivity index (χ2v) is 6.29. The second kappa shape index (κ2) is 6.96. The zero-order valence-corrected chi connectivity index (χ0v) is 12.4. The lowest BCUT2D eigenvalue weighted by Gasteiger charge is -2.32. The standard InChI is InChI=1S/C14H24F3N3O/c1-20-6-2-3-10(9-20)7-19-13(21)12-5-4-11(8-18-12)14(15,16)17/h10-12,18H,2-9H2,1H3,(H,19,21). The van der Waals surface area contributed by atoms with Crippen LogP contribution >= 0.6 is 0 Å². The van der Waals surface area contributed by atoms with Crippen LogP contribution in [0, 0.1) is 11.8 Å². The summed E-state index contributed by atoms with van der Waals surface area (Å²) in [6.07, 6.45) is -1.66. The Morgan fingerprint density at radius 2 is 2.10 bits per heavy atom. The molecule has 2 aliphatic heterocycles. The maximum absolute atomic E-state index is 12.6. The van der Waals surface area contributed by atoms with E-state index in [9.17, 15) is 18.0 Å². The first-order chi connectivity index (χ1) is 9.86. The molecule has 0 aromatic carbocycles. The lowest BCUT2D eigenvalue weighted by atomic mass is 9.93. The highest BCUT2D eigenvalue weighted by Gasteiger charge is 2.42. The van der Waals surface area contributed by atoms with E-state index in [1.54, 1.807) is 0 Å². The van der Waals surface area contributed by atoms with Gasteiger partial charge in [-0.2, -0.15) is 13.2 Å². The van der Waals surface area contributed by atoms with Gasteiger partial charge >= 0.3 is 6.18 Å². The van der Waals surface area contributed by atoms with E-state index < -0.39 is 18.1 Å². The molecule has 0 aliphatic carbocycles. The number of likely N-dealkylation sites (tertiary alicyclic amines) is 1. The molecule has 0 bridgehead atoms. The molecule has 3 atom stereocenters. The molecule has 1 amide bonds. The summed E-state index contributed by atoms with van der Waals surface area (Å²) >= 11 is 0. The highest BCUT2D eigenvalue weighted by molar-refractivity contribution is 5.81. The molecule has 0 radical (unpaired) electrons. The van der Waals surface area contributed by atoms with Crippen LogP contribution in [-0.2, 0) is 4.79 Å². The third kappa shape index (κ3) is 4.85. The summed E-state index contributed by atoms with van der Waals surface area (Å²) in [4.78, 5) is 14.3. The van der Waals surface area contributed by atoms with Gasteiger partial charge in [0.25, 0.3) is 0 Å². The molecule has 7 heteroatoms. The largest absolute Gasteiger partial charge is 0.393 e. The zero-order valence-electron chi connectivity index (χ0n) is 12.4. The van der Waals surface area contributed by atoms with Crippen molar-refractivity contribution in [1.29, 1.82) is 0 Å². The average molecular weight is 307 g/mol. The van der Waals surface area contributed by atoms with Crippen molar-refractivity contribution in [2.75, 3.05) is 33.2 Å². The molecule has 3 unspecified atom stereocenters. The van der Waals surface area contributed by atoms with Crippen LogP contribution in [0.3, 0.4) is 0 Å². The number of amides is 1. The summed E-state index contributed by atoms with van der Waals surface area (Å²) in [5.74, 6) is -1.04. The van der Waals surface area contributed by atoms with Gasteiger partial charge in [-0.05, 0) is 45.2 Å². The Balaban J connectivity index is 1.70. The van der Waals surface area contributed by atoms with E-state index in [1.165, 1.54) is 0 Å². The molecule has 0 aromatic heterocycles. The van der Waals surface area contributed by atoms with E-state index in [4.69, 9.17) is 0 Å². The predicted molar refractivity (Wildman–Crippen MR) is 73.8 cm³/mol. The fourth-order valence-electron chi connectivity index (χ4n) is 3.17. The average Bonchev–Trinajstić information content (AvgIpc) is 2.44. The monoisotopic (exact) mass is 307 g/mol. The van der Waals surface area contributed by atoms with E-state index >= 15 is 0 Å². The van der Waals surface area contributed by atoms with Crippen molar-refractivity contribution >= 4 is 5.91 Å². The number of carbonyl (C=O) groups excluding carboxylic acids is 1. The predicted octanol–water partition coefficient (Wildman–Crippen LogP) is 1.37. The Labute approximate surface area is 123 Å². The van der Waals surface area contributed by atoms with E-state index in [1.807, 2.05) is 0 Å². The Morgan fingerprint density at radius 1 is 1.33 bits per heavy atom. The van der Waals surface area contributed by atoms with Gasteiger partial charge in [-0.25, -0.2) is 0 Å². The smallest absolute Gasteiger partial charge is 0.354 e. The van der Waals surface area contributed by atoms with Crippen molar-refractivity contribution in [1.82, 2.24) is 15.5 Å². The van der Waals surface area contributed by atoms with Gasteiger partial charge < -0.3 is 15.5 Å². The molecule has 0 saturated carbocycles. The number of rotatable bonds is 3. The minimum absolute atomic E-state index is 0.0285. The third-order valence-corrected chi connectivity index (χ3v) is 4.48. The lowest BCUT2D eigenvalue weighted by molar-refractivity contribution is -0.180. The van der Waals surface area contributed by atoms with Crippen molar-refractivity contribution in [2.24, 2.45) is 11.8 Å². The van der Waals surface area contributed by atoms with Gasteiger partial charge in [-0.1, -0.05) is 0 Å². The van der Waals surface area contributed by atoms with Gasteiger partial charge in [0.15, 0.2) is 0 Å². The quantitative estimate of drug-likeness (QED) is 0.828. The Bertz CT molecular complexity index is 354. The van der Waals surface area contributed by atoms with Crippen LogP contribution in [0.5, 0.6) is 0 Å². The number of nitrogens with zero attached hydrogens (tertiary/aromatic N) is 1. The zero-order chi connectivity index (χ0) is 15.5. The normalized spacial score (nSPS) is 31.9. The van der Waals surface area contributed by atoms with Crippen LogP contribution < -0.4 is 10.6 Å². The Morgan fingerprint density at radius 3 is 2.67 bits per heavy atom. The molecule has 4 nitrogen and oxygen atoms in total. The number of hydrogen-bond acceptors (Lipinski definition) is 3. The molecule has 2 saturated heterocycles. The van der Waals surface area contributed by atoms with Crippen molar-refractivity contribution in [3.63, 3.8) is 0 Å². The van der Waals surface area contributed by atoms with Gasteiger partial charge in [0.1, 0.15) is 0 Å². The summed E-state index contributed by atoms with van der Waals surface area (Å²) in [5, 5.41) is 5.62. The molecule has 0 aromatic rings. The van der Waals surface area contributed by atoms with Crippen LogP contribution in [0.1, 0.15) is 25.7 Å². The number of nitrogens with one attached hydrogen (secondary N) is 2. The van der Waals surface area contributed by atoms with Crippen molar-refractivity contribution in [3.8, 4) is 0 Å². The van der Waals surface area contributed by atoms with E-state index in [2.05, 4.69) is 22.6 Å². The van der Waals surface area contributed by atoms with Gasteiger partial charge in [-0.15, -0.1) is 0 Å². The minimum atomic E-state index is -4.17. The van der Waals surface area contributed by atoms with E-state index in [-0.39, 0.29) is 25.3 Å². The summed E-state index contributed by atoms with van der Waals surface area (Å²) in [6, 6.07) is -0.482. The first kappa shape index (κ1) is 16.5. The summed E-state index contributed by atoms with van der Waals surface area (Å²) in [6.45, 7) is 2.51. The van der Waals surface area contributed by atoms with Crippen LogP contribution in [-0.4, -0.2) is 56.3 Å². The highest BCUT2D eigenvalue weighted by atomic mass is 19.4. The molecule has 2 aliphatic rings. The molecule has 2 fully saturated rings. The summed E-state index contributed by atoms with van der Waals surface area (Å²) in [5.41, 5.74) is 0. The molecule has 21 heavy (non-hydrogen) atoms. The number of alkyl halides is 3. The van der Waals surface area contributed by atoms with Crippen LogP contribution in [0.2, 0.25) is 0 Å². The fraction of sp³-hybridized carbons (Fsp3) is 0.929. The number of piperidine rings is 2. The molecule has 0 spiro atoms. The number of carbonyl (C=O) groups is 1. The molecule has 2 N–H and O–H groups in total. The molecule has 2 heterocycles. The molecule has 2 rings (SSSR count). The minimum Gasteiger partial charge on any atom is -0.354 e. The van der Waals surface area contributed by atoms with Crippen molar-refractivity contribution in [2.45, 2.75) is 37.9 Å². The van der Waals surface area contributed by atoms with Crippen LogP contribution in [0.25, 0.3) is 0 Å². The maximum Gasteiger partial charge on any atom is 0.393 e. The lowest BCUT2D eigenvalue weighted by Crippen LogP contribution is -2.52. The fourth-order valence-corrected chi connectivity index (χ4v) is 3.17. The SMILES string of the molecule is CN1CCCC(CNC(=O)C2CCC(C(F)(F)F)CN2)C1. The number of halogens is 3. The molecule has 122 valence electrons. The second-order valence-electron chi connectivity index (χ2n) is 6.29. The third-order valence-electron chi connectivity index (χ3n) is 4.48. The van der Waals surface area contributed by atoms with E-state index in [0.717, 1.165) is 25.9 Å². The van der Waals surface area contributed by atoms with Crippen molar-refractivity contribution in [3.05, 3.63) is 0 Å². The summed E-state index contributed by atoms with van der Waals surface area (Å²) < 4.78 is 37.7. The van der Waals surface area contributed by atoms with Crippen LogP contribution in [0.4, 0.5) is 13.2 Å².